The Morgan fingerprint density at radius 1 is 1.38 bits per heavy atom. The summed E-state index contributed by atoms with van der Waals surface area (Å²) in [5, 5.41) is 3.98. The number of hydrogen-bond acceptors (Lipinski definition) is 2. The zero-order chi connectivity index (χ0) is 11.0. The fourth-order valence-corrected chi connectivity index (χ4v) is 2.02. The molecule has 1 aliphatic rings. The van der Waals surface area contributed by atoms with Crippen LogP contribution in [0.3, 0.4) is 0 Å². The lowest BCUT2D eigenvalue weighted by Gasteiger charge is -2.25. The smallest absolute Gasteiger partial charge is 0.137 e. The summed E-state index contributed by atoms with van der Waals surface area (Å²) in [7, 11) is 0. The number of hydrogen-bond donors (Lipinski definition) is 1. The number of halogens is 1. The van der Waals surface area contributed by atoms with E-state index in [9.17, 15) is 4.39 Å². The largest absolute Gasteiger partial charge is 0.460 e. The molecule has 0 unspecified atom stereocenters. The van der Waals surface area contributed by atoms with E-state index in [2.05, 4.69) is 5.32 Å². The Morgan fingerprint density at radius 3 is 2.94 bits per heavy atom. The molecule has 0 bridgehead atoms. The third-order valence-electron chi connectivity index (χ3n) is 3.23. The molecule has 1 aliphatic carbocycles. The molecule has 0 spiro atoms. The van der Waals surface area contributed by atoms with Gasteiger partial charge < -0.3 is 9.73 Å². The molecule has 16 heavy (non-hydrogen) atoms. The molecule has 0 saturated heterocycles. The summed E-state index contributed by atoms with van der Waals surface area (Å²) in [6, 6.07) is 7.34. The first kappa shape index (κ1) is 9.85. The van der Waals surface area contributed by atoms with Crippen LogP contribution in [0.5, 0.6) is 0 Å². The summed E-state index contributed by atoms with van der Waals surface area (Å²) in [5.74, 6) is 0.600. The van der Waals surface area contributed by atoms with Crippen molar-refractivity contribution < 1.29 is 8.81 Å². The zero-order valence-corrected chi connectivity index (χ0v) is 9.00. The van der Waals surface area contributed by atoms with Crippen molar-refractivity contribution in [3.8, 4) is 0 Å². The monoisotopic (exact) mass is 219 g/mol. The van der Waals surface area contributed by atoms with Crippen LogP contribution in [0, 0.1) is 5.82 Å². The molecule has 1 N–H and O–H groups in total. The van der Waals surface area contributed by atoms with Gasteiger partial charge in [-0.25, -0.2) is 4.39 Å². The van der Waals surface area contributed by atoms with Crippen molar-refractivity contribution in [2.24, 2.45) is 0 Å². The predicted molar refractivity (Wildman–Crippen MR) is 60.7 cm³/mol. The maximum atomic E-state index is 13.4. The van der Waals surface area contributed by atoms with Crippen LogP contribution in [0.2, 0.25) is 0 Å². The highest BCUT2D eigenvalue weighted by atomic mass is 19.1. The molecular formula is C13H14FNO. The summed E-state index contributed by atoms with van der Waals surface area (Å²) < 4.78 is 19.0. The van der Waals surface area contributed by atoms with Crippen LogP contribution in [-0.2, 0) is 6.54 Å². The van der Waals surface area contributed by atoms with Gasteiger partial charge in [0.25, 0.3) is 0 Å². The summed E-state index contributed by atoms with van der Waals surface area (Å²) in [6.07, 6.45) is 3.80. The highest BCUT2D eigenvalue weighted by Gasteiger charge is 2.17. The summed E-state index contributed by atoms with van der Waals surface area (Å²) >= 11 is 0. The maximum Gasteiger partial charge on any atom is 0.137 e. The third-order valence-corrected chi connectivity index (χ3v) is 3.23. The van der Waals surface area contributed by atoms with E-state index in [0.717, 1.165) is 5.76 Å². The Morgan fingerprint density at radius 2 is 2.25 bits per heavy atom. The molecule has 0 aliphatic heterocycles. The topological polar surface area (TPSA) is 25.2 Å². The molecular weight excluding hydrogens is 205 g/mol. The summed E-state index contributed by atoms with van der Waals surface area (Å²) in [6.45, 7) is 0.693. The number of furan rings is 1. The van der Waals surface area contributed by atoms with E-state index in [0.29, 0.717) is 23.6 Å². The Hall–Kier alpha value is -1.35. The van der Waals surface area contributed by atoms with Crippen LogP contribution >= 0.6 is 0 Å². The lowest BCUT2D eigenvalue weighted by Crippen LogP contribution is -2.34. The number of rotatable bonds is 3. The van der Waals surface area contributed by atoms with Gasteiger partial charge in [-0.1, -0.05) is 12.5 Å². The van der Waals surface area contributed by atoms with Crippen molar-refractivity contribution in [1.29, 1.82) is 0 Å². The van der Waals surface area contributed by atoms with Gasteiger partial charge in [0.1, 0.15) is 17.2 Å². The van der Waals surface area contributed by atoms with Crippen molar-refractivity contribution in [1.82, 2.24) is 5.32 Å². The molecule has 3 rings (SSSR count). The maximum absolute atomic E-state index is 13.4. The minimum atomic E-state index is -0.212. The molecule has 84 valence electrons. The molecule has 1 aromatic carbocycles. The fourth-order valence-electron chi connectivity index (χ4n) is 2.02. The van der Waals surface area contributed by atoms with E-state index in [1.807, 2.05) is 0 Å². The van der Waals surface area contributed by atoms with Crippen LogP contribution in [-0.4, -0.2) is 6.04 Å². The molecule has 1 saturated carbocycles. The Kier molecular flexibility index (Phi) is 2.40. The van der Waals surface area contributed by atoms with Gasteiger partial charge in [-0.15, -0.1) is 0 Å². The fraction of sp³-hybridized carbons (Fsp3) is 0.385. The van der Waals surface area contributed by atoms with Gasteiger partial charge in [-0.05, 0) is 31.0 Å². The highest BCUT2D eigenvalue weighted by molar-refractivity contribution is 5.78. The van der Waals surface area contributed by atoms with E-state index in [1.54, 1.807) is 18.2 Å². The van der Waals surface area contributed by atoms with Gasteiger partial charge in [0.15, 0.2) is 0 Å². The molecule has 1 heterocycles. The van der Waals surface area contributed by atoms with Gasteiger partial charge in [-0.3, -0.25) is 0 Å². The number of nitrogens with one attached hydrogen (secondary N) is 1. The molecule has 3 heteroatoms. The van der Waals surface area contributed by atoms with Gasteiger partial charge in [0.05, 0.1) is 11.9 Å². The van der Waals surface area contributed by atoms with Crippen molar-refractivity contribution in [3.63, 3.8) is 0 Å². The first-order chi connectivity index (χ1) is 7.83. The van der Waals surface area contributed by atoms with Gasteiger partial charge in [-0.2, -0.15) is 0 Å². The van der Waals surface area contributed by atoms with E-state index in [-0.39, 0.29) is 5.82 Å². The minimum Gasteiger partial charge on any atom is -0.460 e. The van der Waals surface area contributed by atoms with E-state index >= 15 is 0 Å². The van der Waals surface area contributed by atoms with Crippen LogP contribution < -0.4 is 5.32 Å². The first-order valence-corrected chi connectivity index (χ1v) is 5.73. The van der Waals surface area contributed by atoms with Crippen molar-refractivity contribution in [2.75, 3.05) is 0 Å². The van der Waals surface area contributed by atoms with Crippen molar-refractivity contribution >= 4 is 11.0 Å². The van der Waals surface area contributed by atoms with Gasteiger partial charge >= 0.3 is 0 Å². The molecule has 0 amide bonds. The van der Waals surface area contributed by atoms with Crippen molar-refractivity contribution in [3.05, 3.63) is 35.8 Å². The Labute approximate surface area is 93.4 Å². The molecule has 0 atom stereocenters. The average Bonchev–Trinajstić information content (AvgIpc) is 2.60. The van der Waals surface area contributed by atoms with Crippen molar-refractivity contribution in [2.45, 2.75) is 31.8 Å². The second kappa shape index (κ2) is 3.91. The first-order valence-electron chi connectivity index (χ1n) is 5.73. The van der Waals surface area contributed by atoms with Crippen LogP contribution in [0.4, 0.5) is 4.39 Å². The summed E-state index contributed by atoms with van der Waals surface area (Å²) in [4.78, 5) is 0. The molecule has 1 aromatic heterocycles. The van der Waals surface area contributed by atoms with Crippen LogP contribution in [0.25, 0.3) is 11.0 Å². The molecule has 1 fully saturated rings. The zero-order valence-electron chi connectivity index (χ0n) is 9.00. The van der Waals surface area contributed by atoms with E-state index in [4.69, 9.17) is 4.42 Å². The van der Waals surface area contributed by atoms with Crippen LogP contribution in [0.15, 0.2) is 28.7 Å². The highest BCUT2D eigenvalue weighted by Crippen LogP contribution is 2.23. The predicted octanol–water partition coefficient (Wildman–Crippen LogP) is 3.21. The standard InChI is InChI=1S/C13H14FNO/c14-12-5-2-6-13-11(12)7-10(16-13)8-15-9-3-1-4-9/h2,5-7,9,15H,1,3-4,8H2. The van der Waals surface area contributed by atoms with Crippen LogP contribution in [0.1, 0.15) is 25.0 Å². The van der Waals surface area contributed by atoms with E-state index in [1.165, 1.54) is 25.3 Å². The minimum absolute atomic E-state index is 0.212. The molecule has 2 nitrogen and oxygen atoms in total. The Balaban J connectivity index is 1.79. The SMILES string of the molecule is Fc1cccc2oc(CNC3CCC3)cc12. The third kappa shape index (κ3) is 1.71. The second-order valence-electron chi connectivity index (χ2n) is 4.37. The Bertz CT molecular complexity index is 502. The van der Waals surface area contributed by atoms with Gasteiger partial charge in [0, 0.05) is 6.04 Å². The lowest BCUT2D eigenvalue weighted by molar-refractivity contribution is 0.327. The normalized spacial score (nSPS) is 16.6. The van der Waals surface area contributed by atoms with E-state index < -0.39 is 0 Å². The quantitative estimate of drug-likeness (QED) is 0.857. The lowest BCUT2D eigenvalue weighted by atomic mass is 9.93. The average molecular weight is 219 g/mol. The van der Waals surface area contributed by atoms with Gasteiger partial charge in [0.2, 0.25) is 0 Å². The summed E-state index contributed by atoms with van der Waals surface area (Å²) in [5.41, 5.74) is 0.630. The molecule has 0 radical (unpaired) electrons. The number of fused-ring (bicyclic) bond motifs is 1. The second-order valence-corrected chi connectivity index (χ2v) is 4.37. The molecule has 2 aromatic rings. The number of benzene rings is 1.